The minimum Gasteiger partial charge on any atom is -0.481 e. The van der Waals surface area contributed by atoms with Crippen LogP contribution in [0.3, 0.4) is 0 Å². The zero-order valence-corrected chi connectivity index (χ0v) is 12.1. The molecule has 0 atom stereocenters. The van der Waals surface area contributed by atoms with Gasteiger partial charge >= 0.3 is 0 Å². The van der Waals surface area contributed by atoms with Gasteiger partial charge in [-0.05, 0) is 30.7 Å². The number of halogens is 1. The van der Waals surface area contributed by atoms with Crippen molar-refractivity contribution in [1.29, 1.82) is 0 Å². The van der Waals surface area contributed by atoms with Crippen molar-refractivity contribution in [3.8, 4) is 11.8 Å². The second kappa shape index (κ2) is 7.54. The molecule has 0 bridgehead atoms. The molecule has 0 aliphatic heterocycles. The molecule has 1 aromatic carbocycles. The molecule has 0 aliphatic carbocycles. The number of hydrogen-bond donors (Lipinski definition) is 1. The van der Waals surface area contributed by atoms with Crippen LogP contribution in [0.1, 0.15) is 11.1 Å². The van der Waals surface area contributed by atoms with Crippen LogP contribution in [0.15, 0.2) is 30.6 Å². The first-order chi connectivity index (χ1) is 10.2. The summed E-state index contributed by atoms with van der Waals surface area (Å²) >= 11 is 0. The Labute approximate surface area is 123 Å². The summed E-state index contributed by atoms with van der Waals surface area (Å²) in [6, 6.07) is 6.49. The van der Waals surface area contributed by atoms with Gasteiger partial charge in [0.05, 0.1) is 19.8 Å². The first-order valence-corrected chi connectivity index (χ1v) is 6.61. The van der Waals surface area contributed by atoms with E-state index in [0.29, 0.717) is 18.3 Å². The second-order valence-electron chi connectivity index (χ2n) is 4.42. The number of benzene rings is 1. The number of nitrogens with one attached hydrogen (secondary N) is 1. The molecule has 6 heteroatoms. The van der Waals surface area contributed by atoms with Crippen LogP contribution < -0.4 is 14.8 Å². The fourth-order valence-electron chi connectivity index (χ4n) is 1.98. The molecule has 0 spiro atoms. The molecule has 0 saturated heterocycles. The van der Waals surface area contributed by atoms with Crippen LogP contribution >= 0.6 is 0 Å². The molecule has 0 unspecified atom stereocenters. The summed E-state index contributed by atoms with van der Waals surface area (Å²) in [6.45, 7) is 1.28. The lowest BCUT2D eigenvalue weighted by molar-refractivity contribution is 0.359. The summed E-state index contributed by atoms with van der Waals surface area (Å²) < 4.78 is 23.2. The van der Waals surface area contributed by atoms with Crippen molar-refractivity contribution in [1.82, 2.24) is 15.3 Å². The molecule has 0 aliphatic rings. The minimum absolute atomic E-state index is 0.220. The van der Waals surface area contributed by atoms with E-state index in [0.717, 1.165) is 24.1 Å². The standard InChI is InChI=1S/C15H18FN3O2/c1-20-14-13(15(21-2)19-10-18-14)9-17-8-7-11-3-5-12(16)6-4-11/h3-6,10,17H,7-9H2,1-2H3. The third kappa shape index (κ3) is 4.13. The van der Waals surface area contributed by atoms with Gasteiger partial charge in [-0.1, -0.05) is 12.1 Å². The monoisotopic (exact) mass is 291 g/mol. The molecular formula is C15H18FN3O2. The SMILES string of the molecule is COc1ncnc(OC)c1CNCCc1ccc(F)cc1. The Hall–Kier alpha value is -2.21. The fourth-order valence-corrected chi connectivity index (χ4v) is 1.98. The van der Waals surface area contributed by atoms with Crippen LogP contribution in [0, 0.1) is 5.82 Å². The molecule has 21 heavy (non-hydrogen) atoms. The van der Waals surface area contributed by atoms with Gasteiger partial charge in [0.2, 0.25) is 11.8 Å². The minimum atomic E-state index is -0.220. The Morgan fingerprint density at radius 3 is 2.24 bits per heavy atom. The van der Waals surface area contributed by atoms with Crippen molar-refractivity contribution in [2.45, 2.75) is 13.0 Å². The lowest BCUT2D eigenvalue weighted by Crippen LogP contribution is -2.18. The number of aromatic nitrogens is 2. The van der Waals surface area contributed by atoms with Crippen LogP contribution in [0.2, 0.25) is 0 Å². The Morgan fingerprint density at radius 1 is 1.05 bits per heavy atom. The molecule has 112 valence electrons. The molecule has 2 aromatic rings. The quantitative estimate of drug-likeness (QED) is 0.790. The topological polar surface area (TPSA) is 56.3 Å². The summed E-state index contributed by atoms with van der Waals surface area (Å²) in [4.78, 5) is 8.11. The van der Waals surface area contributed by atoms with E-state index in [1.807, 2.05) is 0 Å². The molecule has 0 saturated carbocycles. The summed E-state index contributed by atoms with van der Waals surface area (Å²) in [5.41, 5.74) is 1.86. The largest absolute Gasteiger partial charge is 0.481 e. The number of methoxy groups -OCH3 is 2. The van der Waals surface area contributed by atoms with Crippen LogP contribution in [0.25, 0.3) is 0 Å². The number of nitrogens with zero attached hydrogens (tertiary/aromatic N) is 2. The molecule has 2 rings (SSSR count). The smallest absolute Gasteiger partial charge is 0.224 e. The number of rotatable bonds is 7. The molecule has 0 fully saturated rings. The van der Waals surface area contributed by atoms with Crippen molar-refractivity contribution in [2.75, 3.05) is 20.8 Å². The van der Waals surface area contributed by atoms with Crippen LogP contribution in [-0.4, -0.2) is 30.7 Å². The van der Waals surface area contributed by atoms with E-state index < -0.39 is 0 Å². The maximum atomic E-state index is 12.8. The van der Waals surface area contributed by atoms with E-state index >= 15 is 0 Å². The third-order valence-corrected chi connectivity index (χ3v) is 3.06. The van der Waals surface area contributed by atoms with Crippen molar-refractivity contribution in [3.63, 3.8) is 0 Å². The van der Waals surface area contributed by atoms with Crippen molar-refractivity contribution >= 4 is 0 Å². The average molecular weight is 291 g/mol. The maximum Gasteiger partial charge on any atom is 0.224 e. The number of ether oxygens (including phenoxy) is 2. The van der Waals surface area contributed by atoms with E-state index in [-0.39, 0.29) is 5.82 Å². The van der Waals surface area contributed by atoms with E-state index in [1.54, 1.807) is 26.4 Å². The van der Waals surface area contributed by atoms with Gasteiger partial charge in [0.1, 0.15) is 12.1 Å². The highest BCUT2D eigenvalue weighted by Gasteiger charge is 2.11. The van der Waals surface area contributed by atoms with Crippen molar-refractivity contribution in [3.05, 3.63) is 47.5 Å². The van der Waals surface area contributed by atoms with E-state index in [4.69, 9.17) is 9.47 Å². The van der Waals surface area contributed by atoms with Gasteiger partial charge < -0.3 is 14.8 Å². The van der Waals surface area contributed by atoms with Gasteiger partial charge in [-0.15, -0.1) is 0 Å². The molecular weight excluding hydrogens is 273 g/mol. The predicted octanol–water partition coefficient (Wildman–Crippen LogP) is 1.97. The summed E-state index contributed by atoms with van der Waals surface area (Å²) in [5, 5.41) is 3.28. The zero-order valence-electron chi connectivity index (χ0n) is 12.1. The van der Waals surface area contributed by atoms with E-state index in [2.05, 4.69) is 15.3 Å². The van der Waals surface area contributed by atoms with Gasteiger partial charge in [0.15, 0.2) is 0 Å². The Kier molecular flexibility index (Phi) is 5.45. The van der Waals surface area contributed by atoms with Gasteiger partial charge in [-0.3, -0.25) is 0 Å². The van der Waals surface area contributed by atoms with Gasteiger partial charge in [-0.25, -0.2) is 14.4 Å². The summed E-state index contributed by atoms with van der Waals surface area (Å²) in [7, 11) is 3.12. The van der Waals surface area contributed by atoms with E-state index in [1.165, 1.54) is 18.5 Å². The first kappa shape index (κ1) is 15.2. The molecule has 1 N–H and O–H groups in total. The highest BCUT2D eigenvalue weighted by atomic mass is 19.1. The molecule has 0 amide bonds. The lowest BCUT2D eigenvalue weighted by Gasteiger charge is -2.11. The maximum absolute atomic E-state index is 12.8. The van der Waals surface area contributed by atoms with Crippen LogP contribution in [-0.2, 0) is 13.0 Å². The highest BCUT2D eigenvalue weighted by molar-refractivity contribution is 5.34. The summed E-state index contributed by atoms with van der Waals surface area (Å²) in [5.74, 6) is 0.773. The lowest BCUT2D eigenvalue weighted by atomic mass is 10.1. The zero-order chi connectivity index (χ0) is 15.1. The average Bonchev–Trinajstić information content (AvgIpc) is 2.53. The second-order valence-corrected chi connectivity index (χ2v) is 4.42. The van der Waals surface area contributed by atoms with Gasteiger partial charge in [-0.2, -0.15) is 0 Å². The fraction of sp³-hybridized carbons (Fsp3) is 0.333. The Bertz CT molecular complexity index is 553. The van der Waals surface area contributed by atoms with Gasteiger partial charge in [0, 0.05) is 6.54 Å². The van der Waals surface area contributed by atoms with Gasteiger partial charge in [0.25, 0.3) is 0 Å². The molecule has 1 heterocycles. The van der Waals surface area contributed by atoms with Crippen molar-refractivity contribution in [2.24, 2.45) is 0 Å². The highest BCUT2D eigenvalue weighted by Crippen LogP contribution is 2.22. The number of hydrogen-bond acceptors (Lipinski definition) is 5. The van der Waals surface area contributed by atoms with Crippen molar-refractivity contribution < 1.29 is 13.9 Å². The molecule has 1 aromatic heterocycles. The molecule has 5 nitrogen and oxygen atoms in total. The third-order valence-electron chi connectivity index (χ3n) is 3.06. The van der Waals surface area contributed by atoms with Crippen LogP contribution in [0.5, 0.6) is 11.8 Å². The van der Waals surface area contributed by atoms with Crippen LogP contribution in [0.4, 0.5) is 4.39 Å². The van der Waals surface area contributed by atoms with E-state index in [9.17, 15) is 4.39 Å². The first-order valence-electron chi connectivity index (χ1n) is 6.61. The predicted molar refractivity (Wildman–Crippen MR) is 76.9 cm³/mol. The Balaban J connectivity index is 1.90. The Morgan fingerprint density at radius 2 is 1.67 bits per heavy atom. The normalized spacial score (nSPS) is 10.4. The molecule has 0 radical (unpaired) electrons. The summed E-state index contributed by atoms with van der Waals surface area (Å²) in [6.07, 6.45) is 2.21.